The second-order valence-corrected chi connectivity index (χ2v) is 13.7. The number of allylic oxidation sites excluding steroid dienone is 4. The Kier molecular flexibility index (Phi) is 39.1. The molecule has 1 unspecified atom stereocenters. The molecule has 0 aliphatic carbocycles. The van der Waals surface area contributed by atoms with Gasteiger partial charge in [0.1, 0.15) is 6.10 Å². The zero-order chi connectivity index (χ0) is 33.4. The van der Waals surface area contributed by atoms with Crippen LogP contribution in [0, 0.1) is 0 Å². The first-order valence-corrected chi connectivity index (χ1v) is 20.4. The van der Waals surface area contributed by atoms with Gasteiger partial charge in [-0.15, -0.1) is 0 Å². The van der Waals surface area contributed by atoms with Gasteiger partial charge in [-0.05, 0) is 44.9 Å². The van der Waals surface area contributed by atoms with Gasteiger partial charge in [0.25, 0.3) is 0 Å². The first-order valence-electron chi connectivity index (χ1n) is 20.4. The predicted molar refractivity (Wildman–Crippen MR) is 201 cm³/mol. The number of carbonyl (C=O) groups is 1. The minimum absolute atomic E-state index is 0.170. The van der Waals surface area contributed by atoms with Crippen molar-refractivity contribution in [1.82, 2.24) is 0 Å². The largest absolute Gasteiger partial charge is 0.457 e. The maximum atomic E-state index is 12.2. The van der Waals surface area contributed by atoms with Gasteiger partial charge in [-0.1, -0.05) is 186 Å². The molecular formula is C42H80O4. The molecule has 0 aliphatic rings. The lowest BCUT2D eigenvalue weighted by Gasteiger charge is -2.16. The maximum absolute atomic E-state index is 12.2. The van der Waals surface area contributed by atoms with E-state index in [0.29, 0.717) is 19.6 Å². The van der Waals surface area contributed by atoms with Gasteiger partial charge in [-0.3, -0.25) is 4.79 Å². The van der Waals surface area contributed by atoms with Crippen LogP contribution < -0.4 is 0 Å². The lowest BCUT2D eigenvalue weighted by atomic mass is 10.0. The molecule has 46 heavy (non-hydrogen) atoms. The van der Waals surface area contributed by atoms with E-state index < -0.39 is 6.10 Å². The van der Waals surface area contributed by atoms with E-state index >= 15 is 0 Å². The number of aliphatic hydroxyl groups is 1. The van der Waals surface area contributed by atoms with E-state index in [1.807, 2.05) is 0 Å². The van der Waals surface area contributed by atoms with Crippen LogP contribution in [-0.4, -0.2) is 37.0 Å². The Bertz CT molecular complexity index is 644. The molecule has 0 aliphatic heterocycles. The Hall–Kier alpha value is -1.13. The monoisotopic (exact) mass is 649 g/mol. The molecule has 0 saturated carbocycles. The van der Waals surface area contributed by atoms with Crippen molar-refractivity contribution in [2.75, 3.05) is 19.8 Å². The summed E-state index contributed by atoms with van der Waals surface area (Å²) in [6, 6.07) is 0. The second kappa shape index (κ2) is 40.0. The van der Waals surface area contributed by atoms with Gasteiger partial charge >= 0.3 is 5.97 Å². The third kappa shape index (κ3) is 37.3. The van der Waals surface area contributed by atoms with Gasteiger partial charge in [0.2, 0.25) is 0 Å². The minimum Gasteiger partial charge on any atom is -0.457 e. The van der Waals surface area contributed by atoms with Crippen molar-refractivity contribution in [2.45, 2.75) is 219 Å². The van der Waals surface area contributed by atoms with Crippen molar-refractivity contribution >= 4 is 5.97 Å². The molecule has 0 radical (unpaired) electrons. The van der Waals surface area contributed by atoms with E-state index in [1.54, 1.807) is 0 Å². The lowest BCUT2D eigenvalue weighted by Crippen LogP contribution is -2.27. The summed E-state index contributed by atoms with van der Waals surface area (Å²) in [5.74, 6) is -0.200. The van der Waals surface area contributed by atoms with Gasteiger partial charge in [-0.2, -0.15) is 0 Å². The summed E-state index contributed by atoms with van der Waals surface area (Å²) in [5, 5.41) is 9.58. The van der Waals surface area contributed by atoms with Gasteiger partial charge < -0.3 is 14.6 Å². The van der Waals surface area contributed by atoms with Crippen LogP contribution in [-0.2, 0) is 14.3 Å². The zero-order valence-corrected chi connectivity index (χ0v) is 31.1. The SMILES string of the molecule is CCCCC/C=C\C/C=C\CCCCCCCCCCOCC(CO)OC(=O)CCCCCCCCCCCCCCCCCC. The summed E-state index contributed by atoms with van der Waals surface area (Å²) in [7, 11) is 0. The van der Waals surface area contributed by atoms with Crippen LogP contribution >= 0.6 is 0 Å². The van der Waals surface area contributed by atoms with Gasteiger partial charge in [0.15, 0.2) is 0 Å². The molecule has 1 atom stereocenters. The molecule has 0 saturated heterocycles. The van der Waals surface area contributed by atoms with Gasteiger partial charge in [-0.25, -0.2) is 0 Å². The lowest BCUT2D eigenvalue weighted by molar-refractivity contribution is -0.154. The smallest absolute Gasteiger partial charge is 0.306 e. The normalized spacial score (nSPS) is 12.5. The standard InChI is InChI=1S/C42H80O4/c1-3-5-7-9-11-13-15-17-19-21-22-24-26-28-30-32-34-36-38-45-40-41(39-43)46-42(44)37-35-33-31-29-27-25-23-20-18-16-14-12-10-8-6-4-2/h11,13,17,19,41,43H,3-10,12,14-16,18,20-40H2,1-2H3/b13-11-,19-17-. The Morgan fingerprint density at radius 1 is 0.522 bits per heavy atom. The highest BCUT2D eigenvalue weighted by Crippen LogP contribution is 2.15. The highest BCUT2D eigenvalue weighted by atomic mass is 16.6. The fourth-order valence-corrected chi connectivity index (χ4v) is 5.95. The van der Waals surface area contributed by atoms with Crippen LogP contribution in [0.2, 0.25) is 0 Å². The van der Waals surface area contributed by atoms with Crippen LogP contribution in [0.4, 0.5) is 0 Å². The molecule has 4 heteroatoms. The van der Waals surface area contributed by atoms with Crippen molar-refractivity contribution in [2.24, 2.45) is 0 Å². The van der Waals surface area contributed by atoms with E-state index in [4.69, 9.17) is 9.47 Å². The molecule has 0 aromatic rings. The number of ether oxygens (including phenoxy) is 2. The molecule has 272 valence electrons. The predicted octanol–water partition coefficient (Wildman–Crippen LogP) is 13.2. The highest BCUT2D eigenvalue weighted by Gasteiger charge is 2.13. The van der Waals surface area contributed by atoms with Crippen molar-refractivity contribution < 1.29 is 19.4 Å². The number of rotatable bonds is 38. The molecule has 1 N–H and O–H groups in total. The first kappa shape index (κ1) is 44.9. The zero-order valence-electron chi connectivity index (χ0n) is 31.1. The molecule has 0 amide bonds. The van der Waals surface area contributed by atoms with Gasteiger partial charge in [0, 0.05) is 13.0 Å². The summed E-state index contributed by atoms with van der Waals surface area (Å²) >= 11 is 0. The van der Waals surface area contributed by atoms with Crippen molar-refractivity contribution in [3.63, 3.8) is 0 Å². The Morgan fingerprint density at radius 2 is 0.913 bits per heavy atom. The molecule has 0 aromatic carbocycles. The molecule has 4 nitrogen and oxygen atoms in total. The molecule has 0 bridgehead atoms. The third-order valence-corrected chi connectivity index (χ3v) is 9.03. The summed E-state index contributed by atoms with van der Waals surface area (Å²) in [6.45, 7) is 5.34. The van der Waals surface area contributed by atoms with Crippen LogP contribution in [0.1, 0.15) is 213 Å². The van der Waals surface area contributed by atoms with E-state index in [2.05, 4.69) is 38.2 Å². The fourth-order valence-electron chi connectivity index (χ4n) is 5.95. The molecular weight excluding hydrogens is 568 g/mol. The van der Waals surface area contributed by atoms with Crippen LogP contribution in [0.25, 0.3) is 0 Å². The summed E-state index contributed by atoms with van der Waals surface area (Å²) in [4.78, 5) is 12.2. The van der Waals surface area contributed by atoms with Crippen LogP contribution in [0.3, 0.4) is 0 Å². The second-order valence-electron chi connectivity index (χ2n) is 13.7. The number of carbonyl (C=O) groups excluding carboxylic acids is 1. The number of esters is 1. The summed E-state index contributed by atoms with van der Waals surface area (Å²) < 4.78 is 11.1. The molecule has 0 rings (SSSR count). The molecule has 0 spiro atoms. The Morgan fingerprint density at radius 3 is 1.39 bits per heavy atom. The summed E-state index contributed by atoms with van der Waals surface area (Å²) in [5.41, 5.74) is 0. The fraction of sp³-hybridized carbons (Fsp3) is 0.881. The van der Waals surface area contributed by atoms with E-state index in [9.17, 15) is 9.90 Å². The Labute approximate surface area is 288 Å². The van der Waals surface area contributed by atoms with E-state index in [-0.39, 0.29) is 12.6 Å². The topological polar surface area (TPSA) is 55.8 Å². The number of hydrogen-bond donors (Lipinski definition) is 1. The molecule has 0 fully saturated rings. The number of unbranched alkanes of at least 4 members (excludes halogenated alkanes) is 26. The number of aliphatic hydroxyl groups excluding tert-OH is 1. The molecule has 0 heterocycles. The molecule has 0 aromatic heterocycles. The average Bonchev–Trinajstić information content (AvgIpc) is 3.06. The first-order chi connectivity index (χ1) is 22.7. The van der Waals surface area contributed by atoms with E-state index in [0.717, 1.165) is 25.7 Å². The summed E-state index contributed by atoms with van der Waals surface area (Å²) in [6.07, 6.45) is 48.0. The Balaban J connectivity index is 3.41. The highest BCUT2D eigenvalue weighted by molar-refractivity contribution is 5.69. The number of hydrogen-bond acceptors (Lipinski definition) is 4. The quantitative estimate of drug-likeness (QED) is 0.0411. The maximum Gasteiger partial charge on any atom is 0.306 e. The minimum atomic E-state index is -0.532. The van der Waals surface area contributed by atoms with Crippen molar-refractivity contribution in [1.29, 1.82) is 0 Å². The van der Waals surface area contributed by atoms with Crippen molar-refractivity contribution in [3.05, 3.63) is 24.3 Å². The van der Waals surface area contributed by atoms with Gasteiger partial charge in [0.05, 0.1) is 13.2 Å². The van der Waals surface area contributed by atoms with Crippen molar-refractivity contribution in [3.8, 4) is 0 Å². The van der Waals surface area contributed by atoms with Crippen LogP contribution in [0.5, 0.6) is 0 Å². The third-order valence-electron chi connectivity index (χ3n) is 9.03. The van der Waals surface area contributed by atoms with Crippen LogP contribution in [0.15, 0.2) is 24.3 Å². The average molecular weight is 649 g/mol. The van der Waals surface area contributed by atoms with E-state index in [1.165, 1.54) is 167 Å².